The Bertz CT molecular complexity index is 619. The van der Waals surface area contributed by atoms with Gasteiger partial charge in [-0.2, -0.15) is 5.10 Å². The van der Waals surface area contributed by atoms with Crippen molar-refractivity contribution < 1.29 is 4.79 Å². The summed E-state index contributed by atoms with van der Waals surface area (Å²) in [5.74, 6) is 0.0804. The van der Waals surface area contributed by atoms with E-state index in [1.165, 1.54) is 0 Å². The molecule has 2 heterocycles. The zero-order valence-electron chi connectivity index (χ0n) is 11.3. The number of carbonyl (C=O) groups excluding carboxylic acids is 1. The van der Waals surface area contributed by atoms with E-state index >= 15 is 0 Å². The second-order valence-electron chi connectivity index (χ2n) is 4.47. The molecule has 0 amide bonds. The van der Waals surface area contributed by atoms with Gasteiger partial charge in [-0.1, -0.05) is 6.92 Å². The Morgan fingerprint density at radius 3 is 2.79 bits per heavy atom. The highest BCUT2D eigenvalue weighted by molar-refractivity contribution is 9.10. The van der Waals surface area contributed by atoms with Crippen LogP contribution in [0, 0.1) is 6.92 Å². The zero-order valence-corrected chi connectivity index (χ0v) is 12.9. The monoisotopic (exact) mass is 321 g/mol. The average molecular weight is 322 g/mol. The van der Waals surface area contributed by atoms with E-state index in [0.717, 1.165) is 28.0 Å². The van der Waals surface area contributed by atoms with Gasteiger partial charge in [0.1, 0.15) is 0 Å². The number of aryl methyl sites for hydroxylation is 3. The van der Waals surface area contributed by atoms with Crippen molar-refractivity contribution in [3.8, 4) is 0 Å². The number of hydrogen-bond acceptors (Lipinski definition) is 3. The quantitative estimate of drug-likeness (QED) is 0.813. The van der Waals surface area contributed by atoms with Crippen LogP contribution in [0.5, 0.6) is 0 Å². The molecule has 2 aromatic heterocycles. The van der Waals surface area contributed by atoms with E-state index in [4.69, 9.17) is 0 Å². The van der Waals surface area contributed by atoms with Crippen LogP contribution in [0.2, 0.25) is 0 Å². The first-order valence-corrected chi connectivity index (χ1v) is 6.98. The lowest BCUT2D eigenvalue weighted by molar-refractivity contribution is 0.0990. The van der Waals surface area contributed by atoms with E-state index in [2.05, 4.69) is 26.0 Å². The minimum Gasteiger partial charge on any atom is -0.294 e. The summed E-state index contributed by atoms with van der Waals surface area (Å²) in [6.07, 6.45) is 2.85. The first-order chi connectivity index (χ1) is 9.02. The molecular weight excluding hydrogens is 306 g/mol. The predicted octanol–water partition coefficient (Wildman–Crippen LogP) is 2.87. The maximum atomic E-state index is 12.3. The van der Waals surface area contributed by atoms with Crippen molar-refractivity contribution in [3.05, 3.63) is 45.4 Å². The Balaban J connectivity index is 2.27. The van der Waals surface area contributed by atoms with E-state index in [0.29, 0.717) is 12.0 Å². The predicted molar refractivity (Wildman–Crippen MR) is 77.3 cm³/mol. The summed E-state index contributed by atoms with van der Waals surface area (Å²) in [5, 5.41) is 4.40. The van der Waals surface area contributed by atoms with Crippen molar-refractivity contribution in [2.75, 3.05) is 0 Å². The van der Waals surface area contributed by atoms with Crippen LogP contribution in [0.1, 0.15) is 34.4 Å². The molecule has 0 aliphatic carbocycles. The van der Waals surface area contributed by atoms with Gasteiger partial charge in [0, 0.05) is 24.5 Å². The fourth-order valence-corrected chi connectivity index (χ4v) is 2.74. The molecule has 0 spiro atoms. The Morgan fingerprint density at radius 2 is 2.21 bits per heavy atom. The van der Waals surface area contributed by atoms with E-state index < -0.39 is 0 Å². The molecule has 0 aliphatic heterocycles. The molecule has 2 aromatic rings. The lowest BCUT2D eigenvalue weighted by atomic mass is 10.1. The topological polar surface area (TPSA) is 47.8 Å². The van der Waals surface area contributed by atoms with Gasteiger partial charge in [0.15, 0.2) is 5.78 Å². The molecule has 0 radical (unpaired) electrons. The molecule has 0 atom stereocenters. The Morgan fingerprint density at radius 1 is 1.47 bits per heavy atom. The van der Waals surface area contributed by atoms with Crippen molar-refractivity contribution in [3.63, 3.8) is 0 Å². The van der Waals surface area contributed by atoms with Crippen LogP contribution in [0.15, 0.2) is 22.8 Å². The van der Waals surface area contributed by atoms with Crippen LogP contribution in [0.4, 0.5) is 0 Å². The molecule has 0 fully saturated rings. The van der Waals surface area contributed by atoms with E-state index in [1.807, 2.05) is 27.0 Å². The van der Waals surface area contributed by atoms with Gasteiger partial charge in [0.2, 0.25) is 0 Å². The van der Waals surface area contributed by atoms with Gasteiger partial charge in [-0.3, -0.25) is 14.5 Å². The number of carbonyl (C=O) groups is 1. The smallest absolute Gasteiger partial charge is 0.168 e. The first kappa shape index (κ1) is 13.9. The molecule has 0 saturated heterocycles. The summed E-state index contributed by atoms with van der Waals surface area (Å²) in [5.41, 5.74) is 3.44. The molecule has 0 aliphatic rings. The van der Waals surface area contributed by atoms with Gasteiger partial charge in [-0.05, 0) is 41.4 Å². The second-order valence-corrected chi connectivity index (χ2v) is 5.26. The van der Waals surface area contributed by atoms with Gasteiger partial charge in [-0.15, -0.1) is 0 Å². The summed E-state index contributed by atoms with van der Waals surface area (Å²) in [6, 6.07) is 3.56. The number of pyridine rings is 1. The number of ketones is 1. The van der Waals surface area contributed by atoms with Gasteiger partial charge < -0.3 is 0 Å². The number of nitrogens with zero attached hydrogens (tertiary/aromatic N) is 3. The SMILES string of the molecule is CCc1nn(C)c(CC(=O)c2ccnc(C)c2)c1Br. The van der Waals surface area contributed by atoms with Crippen LogP contribution in [0.3, 0.4) is 0 Å². The second kappa shape index (κ2) is 5.65. The molecule has 19 heavy (non-hydrogen) atoms. The van der Waals surface area contributed by atoms with Gasteiger partial charge in [0.25, 0.3) is 0 Å². The third kappa shape index (κ3) is 2.92. The van der Waals surface area contributed by atoms with Crippen molar-refractivity contribution in [2.45, 2.75) is 26.7 Å². The maximum absolute atomic E-state index is 12.3. The largest absolute Gasteiger partial charge is 0.294 e. The molecule has 0 N–H and O–H groups in total. The molecule has 0 bridgehead atoms. The fraction of sp³-hybridized carbons (Fsp3) is 0.357. The summed E-state index contributed by atoms with van der Waals surface area (Å²) in [4.78, 5) is 16.4. The normalized spacial score (nSPS) is 10.7. The minimum absolute atomic E-state index is 0.0804. The highest BCUT2D eigenvalue weighted by Gasteiger charge is 2.16. The highest BCUT2D eigenvalue weighted by atomic mass is 79.9. The third-order valence-corrected chi connectivity index (χ3v) is 3.96. The molecule has 5 heteroatoms. The van der Waals surface area contributed by atoms with Crippen molar-refractivity contribution in [2.24, 2.45) is 7.05 Å². The van der Waals surface area contributed by atoms with Crippen LogP contribution < -0.4 is 0 Å². The lowest BCUT2D eigenvalue weighted by Crippen LogP contribution is -2.08. The first-order valence-electron chi connectivity index (χ1n) is 6.19. The molecular formula is C14H16BrN3O. The summed E-state index contributed by atoms with van der Waals surface area (Å²) >= 11 is 3.53. The fourth-order valence-electron chi connectivity index (χ4n) is 1.99. The lowest BCUT2D eigenvalue weighted by Gasteiger charge is -2.03. The van der Waals surface area contributed by atoms with Crippen LogP contribution >= 0.6 is 15.9 Å². The standard InChI is InChI=1S/C14H16BrN3O/c1-4-11-14(15)12(18(3)17-11)8-13(19)10-5-6-16-9(2)7-10/h5-7H,4,8H2,1-3H3. The van der Waals surface area contributed by atoms with Crippen molar-refractivity contribution in [1.82, 2.24) is 14.8 Å². The average Bonchev–Trinajstić information content (AvgIpc) is 2.66. The molecule has 0 aromatic carbocycles. The van der Waals surface area contributed by atoms with E-state index in [-0.39, 0.29) is 5.78 Å². The molecule has 4 nitrogen and oxygen atoms in total. The molecule has 0 unspecified atom stereocenters. The maximum Gasteiger partial charge on any atom is 0.168 e. The van der Waals surface area contributed by atoms with Gasteiger partial charge >= 0.3 is 0 Å². The summed E-state index contributed by atoms with van der Waals surface area (Å²) in [6.45, 7) is 3.93. The highest BCUT2D eigenvalue weighted by Crippen LogP contribution is 2.23. The van der Waals surface area contributed by atoms with Crippen LogP contribution in [-0.4, -0.2) is 20.5 Å². The Kier molecular flexibility index (Phi) is 4.14. The molecule has 100 valence electrons. The number of hydrogen-bond donors (Lipinski definition) is 0. The van der Waals surface area contributed by atoms with Gasteiger partial charge in [0.05, 0.1) is 22.3 Å². The van der Waals surface area contributed by atoms with Crippen LogP contribution in [-0.2, 0) is 19.9 Å². The van der Waals surface area contributed by atoms with Crippen LogP contribution in [0.25, 0.3) is 0 Å². The number of halogens is 1. The molecule has 2 rings (SSSR count). The van der Waals surface area contributed by atoms with E-state index in [1.54, 1.807) is 16.9 Å². The number of aromatic nitrogens is 3. The summed E-state index contributed by atoms with van der Waals surface area (Å²) < 4.78 is 2.71. The minimum atomic E-state index is 0.0804. The zero-order chi connectivity index (χ0) is 14.0. The van der Waals surface area contributed by atoms with Gasteiger partial charge in [-0.25, -0.2) is 0 Å². The third-order valence-electron chi connectivity index (χ3n) is 3.05. The Hall–Kier alpha value is -1.49. The van der Waals surface area contributed by atoms with E-state index in [9.17, 15) is 4.79 Å². The van der Waals surface area contributed by atoms with Crippen molar-refractivity contribution >= 4 is 21.7 Å². The number of rotatable bonds is 4. The summed E-state index contributed by atoms with van der Waals surface area (Å²) in [7, 11) is 1.87. The van der Waals surface area contributed by atoms with Crippen molar-refractivity contribution in [1.29, 1.82) is 0 Å². The Labute approximate surface area is 121 Å². The number of Topliss-reactive ketones (excluding diaryl/α,β-unsaturated/α-hetero) is 1. The molecule has 0 saturated carbocycles.